The summed E-state index contributed by atoms with van der Waals surface area (Å²) >= 11 is 15.4. The molecule has 1 heterocycles. The van der Waals surface area contributed by atoms with E-state index >= 15 is 0 Å². The minimum atomic E-state index is -0.192. The van der Waals surface area contributed by atoms with Crippen LogP contribution in [0, 0.1) is 0 Å². The molecular weight excluding hydrogens is 375 g/mol. The second-order valence-electron chi connectivity index (χ2n) is 4.60. The maximum absolute atomic E-state index is 12.5. The standard InChI is InChI=1S/C15H13BrCl2N2O/c1-9(11-7-6-10(17)8-12(11)18)20(2)15(21)13-4-3-5-14(16)19-13/h3-9H,1-2H3. The molecule has 1 atom stereocenters. The minimum Gasteiger partial charge on any atom is -0.334 e. The van der Waals surface area contributed by atoms with Gasteiger partial charge in [-0.2, -0.15) is 0 Å². The Kier molecular flexibility index (Phi) is 5.25. The molecule has 0 saturated heterocycles. The van der Waals surface area contributed by atoms with Crippen molar-refractivity contribution in [3.63, 3.8) is 0 Å². The van der Waals surface area contributed by atoms with Gasteiger partial charge in [-0.15, -0.1) is 0 Å². The molecule has 0 aliphatic carbocycles. The Morgan fingerprint density at radius 1 is 1.29 bits per heavy atom. The van der Waals surface area contributed by atoms with E-state index in [-0.39, 0.29) is 11.9 Å². The highest BCUT2D eigenvalue weighted by molar-refractivity contribution is 9.10. The summed E-state index contributed by atoms with van der Waals surface area (Å²) in [4.78, 5) is 18.2. The fourth-order valence-electron chi connectivity index (χ4n) is 1.93. The van der Waals surface area contributed by atoms with E-state index in [1.165, 1.54) is 0 Å². The van der Waals surface area contributed by atoms with Crippen LogP contribution in [0.5, 0.6) is 0 Å². The summed E-state index contributed by atoms with van der Waals surface area (Å²) in [6.07, 6.45) is 0. The Balaban J connectivity index is 2.26. The summed E-state index contributed by atoms with van der Waals surface area (Å²) in [5, 5.41) is 1.11. The molecule has 1 unspecified atom stereocenters. The summed E-state index contributed by atoms with van der Waals surface area (Å²) in [6, 6.07) is 10.3. The zero-order valence-corrected chi connectivity index (χ0v) is 14.6. The van der Waals surface area contributed by atoms with Crippen molar-refractivity contribution in [2.45, 2.75) is 13.0 Å². The van der Waals surface area contributed by atoms with Crippen LogP contribution in [-0.4, -0.2) is 22.8 Å². The van der Waals surface area contributed by atoms with Crippen molar-refractivity contribution in [1.29, 1.82) is 0 Å². The van der Waals surface area contributed by atoms with E-state index in [9.17, 15) is 4.79 Å². The van der Waals surface area contributed by atoms with Gasteiger partial charge in [0.25, 0.3) is 5.91 Å². The quantitative estimate of drug-likeness (QED) is 0.695. The van der Waals surface area contributed by atoms with Crippen molar-refractivity contribution < 1.29 is 4.79 Å². The van der Waals surface area contributed by atoms with Crippen LogP contribution < -0.4 is 0 Å². The Labute approximate surface area is 142 Å². The van der Waals surface area contributed by atoms with E-state index in [1.807, 2.05) is 13.0 Å². The van der Waals surface area contributed by atoms with Crippen LogP contribution >= 0.6 is 39.1 Å². The van der Waals surface area contributed by atoms with Crippen LogP contribution in [0.4, 0.5) is 0 Å². The lowest BCUT2D eigenvalue weighted by atomic mass is 10.1. The summed E-state index contributed by atoms with van der Waals surface area (Å²) in [5.74, 6) is -0.171. The largest absolute Gasteiger partial charge is 0.334 e. The smallest absolute Gasteiger partial charge is 0.272 e. The number of pyridine rings is 1. The molecule has 1 amide bonds. The van der Waals surface area contributed by atoms with Gasteiger partial charge in [0.2, 0.25) is 0 Å². The van der Waals surface area contributed by atoms with Gasteiger partial charge < -0.3 is 4.90 Å². The Morgan fingerprint density at radius 3 is 2.62 bits per heavy atom. The van der Waals surface area contributed by atoms with Crippen LogP contribution in [0.1, 0.15) is 29.0 Å². The third kappa shape index (κ3) is 3.76. The number of hydrogen-bond acceptors (Lipinski definition) is 2. The van der Waals surface area contributed by atoms with Gasteiger partial charge in [0.05, 0.1) is 6.04 Å². The van der Waals surface area contributed by atoms with E-state index in [4.69, 9.17) is 23.2 Å². The first-order valence-electron chi connectivity index (χ1n) is 6.25. The van der Waals surface area contributed by atoms with Crippen molar-refractivity contribution in [2.24, 2.45) is 0 Å². The monoisotopic (exact) mass is 386 g/mol. The molecule has 3 nitrogen and oxygen atoms in total. The molecule has 6 heteroatoms. The number of nitrogens with zero attached hydrogens (tertiary/aromatic N) is 2. The average Bonchev–Trinajstić information content (AvgIpc) is 2.45. The number of halogens is 3. The topological polar surface area (TPSA) is 33.2 Å². The van der Waals surface area contributed by atoms with E-state index in [2.05, 4.69) is 20.9 Å². The first kappa shape index (κ1) is 16.3. The highest BCUT2D eigenvalue weighted by atomic mass is 79.9. The molecule has 1 aromatic carbocycles. The molecule has 0 spiro atoms. The number of rotatable bonds is 3. The van der Waals surface area contributed by atoms with Crippen LogP contribution in [0.15, 0.2) is 41.0 Å². The van der Waals surface area contributed by atoms with Crippen molar-refractivity contribution in [3.8, 4) is 0 Å². The van der Waals surface area contributed by atoms with Crippen molar-refractivity contribution in [3.05, 3.63) is 62.3 Å². The van der Waals surface area contributed by atoms with Crippen LogP contribution in [0.2, 0.25) is 10.0 Å². The predicted octanol–water partition coefficient (Wildman–Crippen LogP) is 4.98. The normalized spacial score (nSPS) is 12.0. The lowest BCUT2D eigenvalue weighted by Gasteiger charge is -2.26. The van der Waals surface area contributed by atoms with Crippen molar-refractivity contribution in [2.75, 3.05) is 7.05 Å². The van der Waals surface area contributed by atoms with Crippen molar-refractivity contribution >= 4 is 45.0 Å². The van der Waals surface area contributed by atoms with Crippen LogP contribution in [0.3, 0.4) is 0 Å². The number of carbonyl (C=O) groups excluding carboxylic acids is 1. The molecule has 21 heavy (non-hydrogen) atoms. The van der Waals surface area contributed by atoms with Crippen molar-refractivity contribution in [1.82, 2.24) is 9.88 Å². The molecule has 1 aromatic heterocycles. The van der Waals surface area contributed by atoms with E-state index in [0.717, 1.165) is 5.56 Å². The molecule has 0 bridgehead atoms. The fraction of sp³-hybridized carbons (Fsp3) is 0.200. The maximum atomic E-state index is 12.5. The van der Waals surface area contributed by atoms with Gasteiger partial charge in [0, 0.05) is 17.1 Å². The van der Waals surface area contributed by atoms with E-state index < -0.39 is 0 Å². The zero-order valence-electron chi connectivity index (χ0n) is 11.5. The molecule has 2 aromatic rings. The lowest BCUT2D eigenvalue weighted by molar-refractivity contribution is 0.0736. The Morgan fingerprint density at radius 2 is 2.00 bits per heavy atom. The number of aromatic nitrogens is 1. The summed E-state index contributed by atoms with van der Waals surface area (Å²) in [6.45, 7) is 1.91. The molecule has 2 rings (SSSR count). The van der Waals surface area contributed by atoms with Gasteiger partial charge in [0.15, 0.2) is 0 Å². The number of benzene rings is 1. The molecule has 0 N–H and O–H groups in total. The zero-order chi connectivity index (χ0) is 15.6. The molecule has 110 valence electrons. The van der Waals surface area contributed by atoms with Crippen LogP contribution in [0.25, 0.3) is 0 Å². The second kappa shape index (κ2) is 6.77. The van der Waals surface area contributed by atoms with E-state index in [0.29, 0.717) is 20.3 Å². The van der Waals surface area contributed by atoms with Crippen LogP contribution in [-0.2, 0) is 0 Å². The van der Waals surface area contributed by atoms with E-state index in [1.54, 1.807) is 42.3 Å². The minimum absolute atomic E-state index is 0.171. The SMILES string of the molecule is CC(c1ccc(Cl)cc1Cl)N(C)C(=O)c1cccc(Br)n1. The van der Waals surface area contributed by atoms with Gasteiger partial charge in [-0.3, -0.25) is 4.79 Å². The maximum Gasteiger partial charge on any atom is 0.272 e. The number of carbonyl (C=O) groups is 1. The summed E-state index contributed by atoms with van der Waals surface area (Å²) in [7, 11) is 1.72. The first-order chi connectivity index (χ1) is 9.90. The number of amides is 1. The lowest BCUT2D eigenvalue weighted by Crippen LogP contribution is -2.30. The molecule has 0 radical (unpaired) electrons. The first-order valence-corrected chi connectivity index (χ1v) is 7.79. The molecule has 0 aliphatic heterocycles. The third-order valence-electron chi connectivity index (χ3n) is 3.25. The second-order valence-corrected chi connectivity index (χ2v) is 6.26. The number of hydrogen-bond donors (Lipinski definition) is 0. The highest BCUT2D eigenvalue weighted by Crippen LogP contribution is 2.29. The summed E-state index contributed by atoms with van der Waals surface area (Å²) < 4.78 is 0.624. The molecule has 0 fully saturated rings. The third-order valence-corrected chi connectivity index (χ3v) is 4.25. The molecule has 0 aliphatic rings. The fourth-order valence-corrected chi connectivity index (χ4v) is 2.84. The predicted molar refractivity (Wildman–Crippen MR) is 88.9 cm³/mol. The Bertz CT molecular complexity index is 678. The van der Waals surface area contributed by atoms with Gasteiger partial charge in [-0.25, -0.2) is 4.98 Å². The average molecular weight is 388 g/mol. The molecular formula is C15H13BrCl2N2O. The molecule has 0 saturated carbocycles. The van der Waals surface area contributed by atoms with Gasteiger partial charge in [0.1, 0.15) is 10.3 Å². The summed E-state index contributed by atoms with van der Waals surface area (Å²) in [5.41, 5.74) is 1.22. The highest BCUT2D eigenvalue weighted by Gasteiger charge is 2.21. The van der Waals surface area contributed by atoms with Gasteiger partial charge >= 0.3 is 0 Å². The van der Waals surface area contributed by atoms with Gasteiger partial charge in [-0.05, 0) is 52.7 Å². The Hall–Kier alpha value is -1.10. The van der Waals surface area contributed by atoms with Gasteiger partial charge in [-0.1, -0.05) is 35.3 Å².